The number of aliphatic hydroxyl groups is 1. The van der Waals surface area contributed by atoms with Crippen molar-refractivity contribution in [3.05, 3.63) is 33.3 Å². The smallest absolute Gasteiger partial charge is 0.0449 e. The van der Waals surface area contributed by atoms with E-state index < -0.39 is 0 Å². The van der Waals surface area contributed by atoms with Gasteiger partial charge in [-0.3, -0.25) is 4.90 Å². The highest BCUT2D eigenvalue weighted by Gasteiger charge is 2.23. The second-order valence-corrected chi connectivity index (χ2v) is 5.77. The van der Waals surface area contributed by atoms with E-state index in [1.807, 2.05) is 18.2 Å². The first kappa shape index (κ1) is 14.3. The van der Waals surface area contributed by atoms with Crippen LogP contribution in [0.15, 0.2) is 22.7 Å². The largest absolute Gasteiger partial charge is 0.396 e. The predicted octanol–water partition coefficient (Wildman–Crippen LogP) is 2.43. The van der Waals surface area contributed by atoms with Crippen LogP contribution in [0.5, 0.6) is 0 Å². The summed E-state index contributed by atoms with van der Waals surface area (Å²) in [5, 5.41) is 13.4. The fraction of sp³-hybridized carbons (Fsp3) is 0.538. The summed E-state index contributed by atoms with van der Waals surface area (Å²) >= 11 is 9.67. The van der Waals surface area contributed by atoms with Gasteiger partial charge in [-0.05, 0) is 30.2 Å². The molecule has 1 aromatic carbocycles. The Morgan fingerprint density at radius 3 is 2.78 bits per heavy atom. The summed E-state index contributed by atoms with van der Waals surface area (Å²) in [7, 11) is 0. The Morgan fingerprint density at radius 1 is 1.39 bits per heavy atom. The Morgan fingerprint density at radius 2 is 2.11 bits per heavy atom. The van der Waals surface area contributed by atoms with Crippen molar-refractivity contribution in [3.8, 4) is 0 Å². The fourth-order valence-corrected chi connectivity index (χ4v) is 3.11. The molecule has 0 spiro atoms. The highest BCUT2D eigenvalue weighted by molar-refractivity contribution is 9.10. The lowest BCUT2D eigenvalue weighted by Gasteiger charge is -2.35. The molecule has 1 aliphatic heterocycles. The molecule has 3 nitrogen and oxygen atoms in total. The number of rotatable bonds is 4. The summed E-state index contributed by atoms with van der Waals surface area (Å²) < 4.78 is 1.06. The molecule has 0 radical (unpaired) electrons. The van der Waals surface area contributed by atoms with Crippen LogP contribution in [0.3, 0.4) is 0 Å². The second-order valence-electron chi connectivity index (χ2n) is 4.48. The number of hydrogen-bond donors (Lipinski definition) is 2. The van der Waals surface area contributed by atoms with Crippen LogP contribution in [0.25, 0.3) is 0 Å². The van der Waals surface area contributed by atoms with Gasteiger partial charge in [-0.2, -0.15) is 0 Å². The van der Waals surface area contributed by atoms with Crippen molar-refractivity contribution >= 4 is 27.5 Å². The average Bonchev–Trinajstić information content (AvgIpc) is 2.40. The monoisotopic (exact) mass is 332 g/mol. The number of nitrogens with zero attached hydrogens (tertiary/aromatic N) is 1. The Bertz CT molecular complexity index is 397. The van der Waals surface area contributed by atoms with Crippen molar-refractivity contribution < 1.29 is 5.11 Å². The summed E-state index contributed by atoms with van der Waals surface area (Å²) in [6.07, 6.45) is 0.735. The number of halogens is 2. The SMILES string of the molecule is OCC[C@@H](c1cc(Cl)ccc1Br)N1CCNCC1. The fourth-order valence-electron chi connectivity index (χ4n) is 2.42. The molecule has 0 bridgehead atoms. The topological polar surface area (TPSA) is 35.5 Å². The number of piperazine rings is 1. The third-order valence-electron chi connectivity index (χ3n) is 3.31. The van der Waals surface area contributed by atoms with Gasteiger partial charge in [0.05, 0.1) is 0 Å². The first-order valence-electron chi connectivity index (χ1n) is 6.23. The lowest BCUT2D eigenvalue weighted by atomic mass is 10.0. The van der Waals surface area contributed by atoms with Gasteiger partial charge in [0.25, 0.3) is 0 Å². The van der Waals surface area contributed by atoms with Crippen LogP contribution in [0.2, 0.25) is 5.02 Å². The summed E-state index contributed by atoms with van der Waals surface area (Å²) in [4.78, 5) is 2.41. The normalized spacial score (nSPS) is 18.8. The summed E-state index contributed by atoms with van der Waals surface area (Å²) in [5.41, 5.74) is 1.17. The third-order valence-corrected chi connectivity index (χ3v) is 4.27. The Balaban J connectivity index is 2.24. The maximum Gasteiger partial charge on any atom is 0.0449 e. The molecule has 5 heteroatoms. The molecule has 1 fully saturated rings. The molecule has 0 aromatic heterocycles. The van der Waals surface area contributed by atoms with Crippen LogP contribution in [0, 0.1) is 0 Å². The lowest BCUT2D eigenvalue weighted by molar-refractivity contribution is 0.140. The lowest BCUT2D eigenvalue weighted by Crippen LogP contribution is -2.45. The molecule has 1 aromatic rings. The van der Waals surface area contributed by atoms with Crippen molar-refractivity contribution in [1.29, 1.82) is 0 Å². The van der Waals surface area contributed by atoms with E-state index in [9.17, 15) is 5.11 Å². The molecule has 0 saturated carbocycles. The summed E-state index contributed by atoms with van der Waals surface area (Å²) in [6, 6.07) is 6.08. The van der Waals surface area contributed by atoms with Crippen LogP contribution in [0.4, 0.5) is 0 Å². The third kappa shape index (κ3) is 3.45. The number of nitrogens with one attached hydrogen (secondary N) is 1. The van der Waals surface area contributed by atoms with Crippen LogP contribution >= 0.6 is 27.5 Å². The number of aliphatic hydroxyl groups excluding tert-OH is 1. The van der Waals surface area contributed by atoms with Gasteiger partial charge in [0.2, 0.25) is 0 Å². The minimum atomic E-state index is 0.188. The summed E-state index contributed by atoms with van der Waals surface area (Å²) in [6.45, 7) is 4.20. The zero-order valence-corrected chi connectivity index (χ0v) is 12.5. The Hall–Kier alpha value is -0.130. The van der Waals surface area contributed by atoms with Crippen LogP contribution in [-0.4, -0.2) is 42.8 Å². The van der Waals surface area contributed by atoms with Crippen molar-refractivity contribution in [3.63, 3.8) is 0 Å². The highest BCUT2D eigenvalue weighted by Crippen LogP contribution is 2.32. The zero-order chi connectivity index (χ0) is 13.0. The first-order chi connectivity index (χ1) is 8.72. The Kier molecular flexibility index (Phi) is 5.45. The van der Waals surface area contributed by atoms with Crippen molar-refractivity contribution in [2.45, 2.75) is 12.5 Å². The van der Waals surface area contributed by atoms with E-state index in [1.54, 1.807) is 0 Å². The molecule has 0 aliphatic carbocycles. The van der Waals surface area contributed by atoms with Crippen LogP contribution in [-0.2, 0) is 0 Å². The molecule has 100 valence electrons. The van der Waals surface area contributed by atoms with Gasteiger partial charge in [0.15, 0.2) is 0 Å². The van der Waals surface area contributed by atoms with Gasteiger partial charge in [0, 0.05) is 48.3 Å². The van der Waals surface area contributed by atoms with E-state index >= 15 is 0 Å². The molecule has 1 heterocycles. The van der Waals surface area contributed by atoms with Gasteiger partial charge >= 0.3 is 0 Å². The molecule has 0 unspecified atom stereocenters. The molecular formula is C13H18BrClN2O. The molecule has 2 rings (SSSR count). The number of hydrogen-bond acceptors (Lipinski definition) is 3. The molecule has 2 N–H and O–H groups in total. The quantitative estimate of drug-likeness (QED) is 0.888. The van der Waals surface area contributed by atoms with E-state index in [2.05, 4.69) is 26.1 Å². The minimum Gasteiger partial charge on any atom is -0.396 e. The average molecular weight is 334 g/mol. The molecule has 0 amide bonds. The molecule has 1 atom stereocenters. The maximum absolute atomic E-state index is 9.30. The van der Waals surface area contributed by atoms with Gasteiger partial charge in [-0.25, -0.2) is 0 Å². The van der Waals surface area contributed by atoms with Crippen molar-refractivity contribution in [2.75, 3.05) is 32.8 Å². The van der Waals surface area contributed by atoms with Gasteiger partial charge in [-0.1, -0.05) is 27.5 Å². The van der Waals surface area contributed by atoms with Gasteiger partial charge in [-0.15, -0.1) is 0 Å². The number of benzene rings is 1. The molecular weight excluding hydrogens is 316 g/mol. The van der Waals surface area contributed by atoms with E-state index in [0.29, 0.717) is 0 Å². The highest BCUT2D eigenvalue weighted by atomic mass is 79.9. The van der Waals surface area contributed by atoms with Crippen molar-refractivity contribution in [1.82, 2.24) is 10.2 Å². The van der Waals surface area contributed by atoms with Gasteiger partial charge in [0.1, 0.15) is 0 Å². The van der Waals surface area contributed by atoms with E-state index in [0.717, 1.165) is 42.1 Å². The zero-order valence-electron chi connectivity index (χ0n) is 10.2. The maximum atomic E-state index is 9.30. The molecule has 18 heavy (non-hydrogen) atoms. The predicted molar refractivity (Wildman–Crippen MR) is 78.0 cm³/mol. The molecule has 1 aliphatic rings. The van der Waals surface area contributed by atoms with Crippen LogP contribution < -0.4 is 5.32 Å². The van der Waals surface area contributed by atoms with E-state index in [4.69, 9.17) is 11.6 Å². The molecule has 1 saturated heterocycles. The second kappa shape index (κ2) is 6.87. The van der Waals surface area contributed by atoms with Crippen molar-refractivity contribution in [2.24, 2.45) is 0 Å². The Labute approximate surface area is 121 Å². The summed E-state index contributed by atoms with van der Waals surface area (Å²) in [5.74, 6) is 0. The van der Waals surface area contributed by atoms with Crippen LogP contribution in [0.1, 0.15) is 18.0 Å². The standard InChI is InChI=1S/C13H18BrClN2O/c14-12-2-1-10(15)9-11(12)13(3-8-18)17-6-4-16-5-7-17/h1-2,9,13,16,18H,3-8H2/t13-/m0/s1. The van der Waals surface area contributed by atoms with E-state index in [1.165, 1.54) is 5.56 Å². The van der Waals surface area contributed by atoms with Gasteiger partial charge < -0.3 is 10.4 Å². The minimum absolute atomic E-state index is 0.188. The van der Waals surface area contributed by atoms with E-state index in [-0.39, 0.29) is 12.6 Å². The first-order valence-corrected chi connectivity index (χ1v) is 7.40.